The molecule has 0 aliphatic heterocycles. The van der Waals surface area contributed by atoms with E-state index in [4.69, 9.17) is 13.9 Å². The Labute approximate surface area is 173 Å². The number of rotatable bonds is 8. The van der Waals surface area contributed by atoms with Crippen molar-refractivity contribution in [3.63, 3.8) is 0 Å². The van der Waals surface area contributed by atoms with Gasteiger partial charge in [0.1, 0.15) is 5.58 Å². The third-order valence-electron chi connectivity index (χ3n) is 4.22. The zero-order valence-corrected chi connectivity index (χ0v) is 16.5. The van der Waals surface area contributed by atoms with Crippen molar-refractivity contribution in [2.75, 3.05) is 13.2 Å². The maximum atomic E-state index is 12.4. The Bertz CT molecular complexity index is 1030. The number of fused-ring (bicyclic) bond motifs is 1. The van der Waals surface area contributed by atoms with Gasteiger partial charge in [0.05, 0.1) is 6.61 Å². The van der Waals surface area contributed by atoms with Gasteiger partial charge in [-0.1, -0.05) is 48.5 Å². The molecule has 8 nitrogen and oxygen atoms in total. The number of ether oxygens (including phenoxy) is 2. The largest absolute Gasteiger partial charge is 0.450 e. The summed E-state index contributed by atoms with van der Waals surface area (Å²) in [6.07, 6.45) is 0. The van der Waals surface area contributed by atoms with Crippen LogP contribution >= 0.6 is 0 Å². The van der Waals surface area contributed by atoms with Crippen molar-refractivity contribution < 1.29 is 28.3 Å². The molecule has 30 heavy (non-hydrogen) atoms. The molecule has 0 atom stereocenters. The van der Waals surface area contributed by atoms with E-state index in [1.807, 2.05) is 49.4 Å². The predicted molar refractivity (Wildman–Crippen MR) is 109 cm³/mol. The topological polar surface area (TPSA) is 107 Å². The fraction of sp³-hybridized carbons (Fsp3) is 0.227. The maximum absolute atomic E-state index is 12.4. The first-order chi connectivity index (χ1) is 14.6. The van der Waals surface area contributed by atoms with Gasteiger partial charge in [-0.25, -0.2) is 9.59 Å². The first-order valence-corrected chi connectivity index (χ1v) is 9.45. The average molecular weight is 410 g/mol. The molecule has 3 amide bonds. The van der Waals surface area contributed by atoms with E-state index in [1.54, 1.807) is 12.1 Å². The van der Waals surface area contributed by atoms with Crippen molar-refractivity contribution in [3.8, 4) is 0 Å². The quantitative estimate of drug-likeness (QED) is 0.553. The fourth-order valence-electron chi connectivity index (χ4n) is 2.79. The second-order valence-corrected chi connectivity index (χ2v) is 6.34. The maximum Gasteiger partial charge on any atom is 0.375 e. The first kappa shape index (κ1) is 21.1. The summed E-state index contributed by atoms with van der Waals surface area (Å²) in [4.78, 5) is 36.2. The van der Waals surface area contributed by atoms with Gasteiger partial charge in [0.15, 0.2) is 6.61 Å². The van der Waals surface area contributed by atoms with E-state index in [1.165, 1.54) is 0 Å². The van der Waals surface area contributed by atoms with Crippen LogP contribution in [0.15, 0.2) is 59.0 Å². The average Bonchev–Trinajstić information content (AvgIpc) is 3.14. The monoisotopic (exact) mass is 410 g/mol. The SMILES string of the molecule is CCOCc1c(C(=O)OCC(=O)NC(=O)NCc2ccccc2)oc2ccccc12. The van der Waals surface area contributed by atoms with Gasteiger partial charge in [-0.3, -0.25) is 10.1 Å². The van der Waals surface area contributed by atoms with Crippen LogP contribution in [0, 0.1) is 0 Å². The van der Waals surface area contributed by atoms with Crippen LogP contribution in [-0.2, 0) is 27.4 Å². The van der Waals surface area contributed by atoms with Crippen molar-refractivity contribution in [2.24, 2.45) is 0 Å². The minimum absolute atomic E-state index is 0.0222. The van der Waals surface area contributed by atoms with E-state index < -0.39 is 24.5 Å². The highest BCUT2D eigenvalue weighted by molar-refractivity contribution is 5.98. The molecule has 0 aliphatic rings. The molecule has 0 radical (unpaired) electrons. The first-order valence-electron chi connectivity index (χ1n) is 9.45. The van der Waals surface area contributed by atoms with Gasteiger partial charge in [0.2, 0.25) is 5.76 Å². The zero-order valence-electron chi connectivity index (χ0n) is 16.5. The third kappa shape index (κ3) is 5.45. The molecule has 1 aromatic heterocycles. The molecule has 8 heteroatoms. The minimum Gasteiger partial charge on any atom is -0.450 e. The number of furan rings is 1. The normalized spacial score (nSPS) is 10.6. The highest BCUT2D eigenvalue weighted by atomic mass is 16.5. The van der Waals surface area contributed by atoms with Crippen LogP contribution in [0.3, 0.4) is 0 Å². The Morgan fingerprint density at radius 1 is 1.00 bits per heavy atom. The smallest absolute Gasteiger partial charge is 0.375 e. The van der Waals surface area contributed by atoms with Gasteiger partial charge < -0.3 is 19.2 Å². The fourth-order valence-corrected chi connectivity index (χ4v) is 2.79. The number of hydrogen-bond acceptors (Lipinski definition) is 6. The molecule has 1 heterocycles. The number of carbonyl (C=O) groups is 3. The second-order valence-electron chi connectivity index (χ2n) is 6.34. The highest BCUT2D eigenvalue weighted by Gasteiger charge is 2.23. The number of urea groups is 1. The molecule has 3 aromatic rings. The van der Waals surface area contributed by atoms with E-state index in [2.05, 4.69) is 10.6 Å². The Morgan fingerprint density at radius 2 is 1.73 bits per heavy atom. The molecule has 156 valence electrons. The van der Waals surface area contributed by atoms with Crippen molar-refractivity contribution in [1.29, 1.82) is 0 Å². The lowest BCUT2D eigenvalue weighted by molar-refractivity contribution is -0.123. The molecule has 2 aromatic carbocycles. The van der Waals surface area contributed by atoms with Gasteiger partial charge in [0.25, 0.3) is 5.91 Å². The predicted octanol–water partition coefficient (Wildman–Crippen LogP) is 3.15. The highest BCUT2D eigenvalue weighted by Crippen LogP contribution is 2.27. The van der Waals surface area contributed by atoms with Crippen LogP contribution in [0.2, 0.25) is 0 Å². The Balaban J connectivity index is 1.54. The second kappa shape index (κ2) is 10.2. The van der Waals surface area contributed by atoms with E-state index in [0.29, 0.717) is 17.8 Å². The number of hydrogen-bond donors (Lipinski definition) is 2. The Hall–Kier alpha value is -3.65. The molecule has 0 fully saturated rings. The van der Waals surface area contributed by atoms with E-state index >= 15 is 0 Å². The summed E-state index contributed by atoms with van der Waals surface area (Å²) in [6.45, 7) is 2.12. The molecule has 0 bridgehead atoms. The van der Waals surface area contributed by atoms with Gasteiger partial charge in [-0.15, -0.1) is 0 Å². The van der Waals surface area contributed by atoms with Crippen LogP contribution < -0.4 is 10.6 Å². The summed E-state index contributed by atoms with van der Waals surface area (Å²) < 4.78 is 16.0. The van der Waals surface area contributed by atoms with Crippen LogP contribution in [0.1, 0.15) is 28.6 Å². The number of carbonyl (C=O) groups excluding carboxylic acids is 3. The molecule has 0 saturated heterocycles. The van der Waals surface area contributed by atoms with Crippen molar-refractivity contribution in [1.82, 2.24) is 10.6 Å². The van der Waals surface area contributed by atoms with Crippen LogP contribution in [0.25, 0.3) is 11.0 Å². The molecule has 3 rings (SSSR count). The minimum atomic E-state index is -0.805. The molecule has 0 aliphatic carbocycles. The molecule has 2 N–H and O–H groups in total. The van der Waals surface area contributed by atoms with Crippen molar-refractivity contribution >= 4 is 28.9 Å². The molecule has 0 spiro atoms. The number of para-hydroxylation sites is 1. The summed E-state index contributed by atoms with van der Waals surface area (Å²) >= 11 is 0. The number of nitrogens with one attached hydrogen (secondary N) is 2. The summed E-state index contributed by atoms with van der Waals surface area (Å²) in [6, 6.07) is 15.7. The molecular formula is C22H22N2O6. The van der Waals surface area contributed by atoms with Crippen LogP contribution in [0.5, 0.6) is 0 Å². The lowest BCUT2D eigenvalue weighted by atomic mass is 10.1. The number of benzene rings is 2. The van der Waals surface area contributed by atoms with Gasteiger partial charge >= 0.3 is 12.0 Å². The van der Waals surface area contributed by atoms with Gasteiger partial charge in [-0.2, -0.15) is 0 Å². The Kier molecular flexibility index (Phi) is 7.18. The van der Waals surface area contributed by atoms with Crippen LogP contribution in [0.4, 0.5) is 4.79 Å². The van der Waals surface area contributed by atoms with Crippen molar-refractivity contribution in [2.45, 2.75) is 20.1 Å². The summed E-state index contributed by atoms with van der Waals surface area (Å²) in [7, 11) is 0. The van der Waals surface area contributed by atoms with E-state index in [9.17, 15) is 14.4 Å². The summed E-state index contributed by atoms with van der Waals surface area (Å²) in [5, 5.41) is 5.40. The summed E-state index contributed by atoms with van der Waals surface area (Å²) in [5.74, 6) is -1.58. The Morgan fingerprint density at radius 3 is 2.50 bits per heavy atom. The number of esters is 1. The zero-order chi connectivity index (χ0) is 21.3. The third-order valence-corrected chi connectivity index (χ3v) is 4.22. The molecule has 0 saturated carbocycles. The van der Waals surface area contributed by atoms with Gasteiger partial charge in [0, 0.05) is 24.1 Å². The lowest BCUT2D eigenvalue weighted by Crippen LogP contribution is -2.41. The van der Waals surface area contributed by atoms with E-state index in [-0.39, 0.29) is 18.9 Å². The molecular weight excluding hydrogens is 388 g/mol. The lowest BCUT2D eigenvalue weighted by Gasteiger charge is -2.08. The van der Waals surface area contributed by atoms with Crippen molar-refractivity contribution in [3.05, 3.63) is 71.5 Å². The standard InChI is InChI=1S/C22H22N2O6/c1-2-28-13-17-16-10-6-7-11-18(16)30-20(17)21(26)29-14-19(25)24-22(27)23-12-15-8-4-3-5-9-15/h3-11H,2,12-14H2,1H3,(H2,23,24,25,27). The van der Waals surface area contributed by atoms with E-state index in [0.717, 1.165) is 10.9 Å². The molecule has 0 unspecified atom stereocenters. The number of amides is 3. The van der Waals surface area contributed by atoms with Gasteiger partial charge in [-0.05, 0) is 18.6 Å². The number of imide groups is 1. The van der Waals surface area contributed by atoms with Crippen LogP contribution in [-0.4, -0.2) is 31.1 Å². The summed E-state index contributed by atoms with van der Waals surface area (Å²) in [5.41, 5.74) is 1.96.